The number of aromatic nitrogens is 2. The average molecular weight is 338 g/mol. The molecule has 2 aliphatic heterocycles. The van der Waals surface area contributed by atoms with Crippen molar-refractivity contribution in [1.29, 1.82) is 0 Å². The van der Waals surface area contributed by atoms with E-state index in [0.29, 0.717) is 17.9 Å². The van der Waals surface area contributed by atoms with Gasteiger partial charge in [0.2, 0.25) is 12.3 Å². The Balaban J connectivity index is 1.34. The van der Waals surface area contributed by atoms with Crippen LogP contribution >= 0.6 is 0 Å². The highest BCUT2D eigenvalue weighted by atomic mass is 16.4. The molecule has 6 heteroatoms. The molecule has 4 fully saturated rings. The van der Waals surface area contributed by atoms with Gasteiger partial charge in [-0.15, -0.1) is 10.2 Å². The van der Waals surface area contributed by atoms with Crippen molar-refractivity contribution in [3.8, 4) is 11.5 Å². The second-order valence-electron chi connectivity index (χ2n) is 7.84. The highest BCUT2D eigenvalue weighted by Gasteiger charge is 2.44. The molecule has 4 aliphatic rings. The van der Waals surface area contributed by atoms with Crippen LogP contribution in [0.15, 0.2) is 35.1 Å². The summed E-state index contributed by atoms with van der Waals surface area (Å²) < 4.78 is 5.24. The Hall–Kier alpha value is -2.37. The minimum absolute atomic E-state index is 0.0286. The normalized spacial score (nSPS) is 30.3. The Labute approximate surface area is 146 Å². The Kier molecular flexibility index (Phi) is 3.50. The first-order valence-corrected chi connectivity index (χ1v) is 9.19. The van der Waals surface area contributed by atoms with E-state index in [1.54, 1.807) is 0 Å². The molecular weight excluding hydrogens is 316 g/mol. The maximum absolute atomic E-state index is 12.9. The third kappa shape index (κ3) is 2.79. The fourth-order valence-corrected chi connectivity index (χ4v) is 5.26. The fraction of sp³-hybridized carbons (Fsp3) is 0.526. The van der Waals surface area contributed by atoms with Gasteiger partial charge in [0.05, 0.1) is 0 Å². The largest absolute Gasteiger partial charge is 0.423 e. The summed E-state index contributed by atoms with van der Waals surface area (Å²) in [4.78, 5) is 15.0. The summed E-state index contributed by atoms with van der Waals surface area (Å²) >= 11 is 0. The molecule has 25 heavy (non-hydrogen) atoms. The lowest BCUT2D eigenvalue weighted by Crippen LogP contribution is -2.44. The standard InChI is InChI=1S/C19H22N4O2/c24-19(21-16-3-1-2-15(9-16)18-22-20-11-25-18)23-10-14-5-12-4-13(6-14)8-17(23)7-12/h1-3,9,11-14,17H,4-8,10H2,(H,21,24). The molecule has 130 valence electrons. The molecule has 0 radical (unpaired) electrons. The van der Waals surface area contributed by atoms with Crippen LogP contribution in [0.4, 0.5) is 10.5 Å². The van der Waals surface area contributed by atoms with Gasteiger partial charge in [0.15, 0.2) is 0 Å². The number of rotatable bonds is 2. The summed E-state index contributed by atoms with van der Waals surface area (Å²) in [6.45, 7) is 0.910. The van der Waals surface area contributed by atoms with Crippen LogP contribution in [0.3, 0.4) is 0 Å². The molecule has 2 saturated carbocycles. The number of anilines is 1. The average Bonchev–Trinajstić information content (AvgIpc) is 3.06. The Morgan fingerprint density at radius 3 is 2.68 bits per heavy atom. The molecule has 1 aromatic carbocycles. The van der Waals surface area contributed by atoms with Gasteiger partial charge in [-0.05, 0) is 68.1 Å². The predicted molar refractivity (Wildman–Crippen MR) is 92.8 cm³/mol. The van der Waals surface area contributed by atoms with E-state index in [0.717, 1.165) is 29.6 Å². The zero-order valence-electron chi connectivity index (χ0n) is 14.1. The SMILES string of the molecule is O=C(Nc1cccc(-c2nnco2)c1)N1CC2CC3CC(C2)CC1C3. The molecule has 6 rings (SSSR count). The van der Waals surface area contributed by atoms with E-state index < -0.39 is 0 Å². The Morgan fingerprint density at radius 2 is 1.92 bits per heavy atom. The highest BCUT2D eigenvalue weighted by Crippen LogP contribution is 2.47. The number of fused-ring (bicyclic) bond motifs is 1. The van der Waals surface area contributed by atoms with Crippen LogP contribution in [-0.2, 0) is 0 Å². The number of hydrogen-bond acceptors (Lipinski definition) is 4. The first-order chi connectivity index (χ1) is 12.2. The predicted octanol–water partition coefficient (Wildman–Crippen LogP) is 3.78. The minimum Gasteiger partial charge on any atom is -0.423 e. The van der Waals surface area contributed by atoms with Crippen LogP contribution in [0.5, 0.6) is 0 Å². The van der Waals surface area contributed by atoms with E-state index in [4.69, 9.17) is 4.42 Å². The van der Waals surface area contributed by atoms with Crippen molar-refractivity contribution in [2.24, 2.45) is 17.8 Å². The van der Waals surface area contributed by atoms with Crippen LogP contribution in [0.25, 0.3) is 11.5 Å². The quantitative estimate of drug-likeness (QED) is 0.904. The van der Waals surface area contributed by atoms with Crippen LogP contribution in [0, 0.1) is 17.8 Å². The van der Waals surface area contributed by atoms with E-state index in [2.05, 4.69) is 20.4 Å². The third-order valence-electron chi connectivity index (χ3n) is 6.09. The van der Waals surface area contributed by atoms with Gasteiger partial charge in [-0.3, -0.25) is 0 Å². The van der Waals surface area contributed by atoms with Crippen molar-refractivity contribution < 1.29 is 9.21 Å². The van der Waals surface area contributed by atoms with Gasteiger partial charge < -0.3 is 14.6 Å². The van der Waals surface area contributed by atoms with Crippen LogP contribution in [0.1, 0.15) is 32.1 Å². The summed E-state index contributed by atoms with van der Waals surface area (Å²) in [6, 6.07) is 8.02. The van der Waals surface area contributed by atoms with E-state index >= 15 is 0 Å². The molecule has 3 heterocycles. The fourth-order valence-electron chi connectivity index (χ4n) is 5.26. The number of carbonyl (C=O) groups excluding carboxylic acids is 1. The summed E-state index contributed by atoms with van der Waals surface area (Å²) in [6.07, 6.45) is 7.68. The zero-order chi connectivity index (χ0) is 16.8. The Bertz CT molecular complexity index is 761. The van der Waals surface area contributed by atoms with Crippen molar-refractivity contribution in [3.63, 3.8) is 0 Å². The minimum atomic E-state index is 0.0286. The molecule has 2 atom stereocenters. The molecule has 2 unspecified atom stereocenters. The van der Waals surface area contributed by atoms with Crippen LogP contribution < -0.4 is 5.32 Å². The van der Waals surface area contributed by atoms with Crippen molar-refractivity contribution in [1.82, 2.24) is 15.1 Å². The van der Waals surface area contributed by atoms with Crippen molar-refractivity contribution in [2.75, 3.05) is 11.9 Å². The molecular formula is C19H22N4O2. The van der Waals surface area contributed by atoms with Gasteiger partial charge in [-0.2, -0.15) is 0 Å². The smallest absolute Gasteiger partial charge is 0.322 e. The third-order valence-corrected chi connectivity index (χ3v) is 6.09. The lowest BCUT2D eigenvalue weighted by Gasteiger charge is -2.38. The molecule has 2 amide bonds. The van der Waals surface area contributed by atoms with Crippen LogP contribution in [0.2, 0.25) is 0 Å². The monoisotopic (exact) mass is 338 g/mol. The van der Waals surface area contributed by atoms with E-state index in [9.17, 15) is 4.79 Å². The summed E-state index contributed by atoms with van der Waals surface area (Å²) in [5.74, 6) is 2.82. The molecule has 1 N–H and O–H groups in total. The van der Waals surface area contributed by atoms with Gasteiger partial charge in [-0.1, -0.05) is 6.07 Å². The number of nitrogens with one attached hydrogen (secondary N) is 1. The topological polar surface area (TPSA) is 71.3 Å². The summed E-state index contributed by atoms with van der Waals surface area (Å²) in [5.41, 5.74) is 1.58. The van der Waals surface area contributed by atoms with Gasteiger partial charge >= 0.3 is 6.03 Å². The van der Waals surface area contributed by atoms with Gasteiger partial charge in [0.25, 0.3) is 0 Å². The molecule has 2 saturated heterocycles. The van der Waals surface area contributed by atoms with Crippen molar-refractivity contribution >= 4 is 11.7 Å². The van der Waals surface area contributed by atoms with Crippen molar-refractivity contribution in [3.05, 3.63) is 30.7 Å². The number of amides is 2. The molecule has 6 nitrogen and oxygen atoms in total. The first kappa shape index (κ1) is 14.9. The van der Waals surface area contributed by atoms with E-state index in [-0.39, 0.29) is 6.03 Å². The molecule has 0 spiro atoms. The second-order valence-corrected chi connectivity index (χ2v) is 7.84. The van der Waals surface area contributed by atoms with Crippen LogP contribution in [-0.4, -0.2) is 33.7 Å². The molecule has 2 aromatic rings. The highest BCUT2D eigenvalue weighted by molar-refractivity contribution is 5.90. The van der Waals surface area contributed by atoms with Gasteiger partial charge in [-0.25, -0.2) is 4.79 Å². The van der Waals surface area contributed by atoms with Crippen molar-refractivity contribution in [2.45, 2.75) is 38.1 Å². The number of benzene rings is 1. The summed E-state index contributed by atoms with van der Waals surface area (Å²) in [5, 5.41) is 10.7. The van der Waals surface area contributed by atoms with E-state index in [1.165, 1.54) is 38.5 Å². The second kappa shape index (κ2) is 5.86. The number of urea groups is 1. The number of hydrogen-bond donors (Lipinski definition) is 1. The maximum Gasteiger partial charge on any atom is 0.322 e. The molecule has 2 aliphatic carbocycles. The van der Waals surface area contributed by atoms with Gasteiger partial charge in [0.1, 0.15) is 0 Å². The number of nitrogens with zero attached hydrogens (tertiary/aromatic N) is 3. The number of carbonyl (C=O) groups is 1. The Morgan fingerprint density at radius 1 is 1.12 bits per heavy atom. The lowest BCUT2D eigenvalue weighted by atomic mass is 9.68. The summed E-state index contributed by atoms with van der Waals surface area (Å²) in [7, 11) is 0. The molecule has 1 aromatic heterocycles. The lowest BCUT2D eigenvalue weighted by molar-refractivity contribution is 0.136. The zero-order valence-corrected chi connectivity index (χ0v) is 14.1. The maximum atomic E-state index is 12.9. The van der Waals surface area contributed by atoms with E-state index in [1.807, 2.05) is 24.3 Å². The van der Waals surface area contributed by atoms with Gasteiger partial charge in [0, 0.05) is 23.8 Å². The first-order valence-electron chi connectivity index (χ1n) is 9.19. The molecule has 4 bridgehead atoms.